The zero-order chi connectivity index (χ0) is 21.6. The summed E-state index contributed by atoms with van der Waals surface area (Å²) in [5.74, 6) is 0.391. The van der Waals surface area contributed by atoms with Crippen molar-refractivity contribution in [2.24, 2.45) is 0 Å². The Bertz CT molecular complexity index is 795. The molecule has 0 atom stereocenters. The minimum atomic E-state index is -0.764. The Morgan fingerprint density at radius 2 is 2.03 bits per heavy atom. The molecule has 2 heterocycles. The molecule has 1 aromatic carbocycles. The maximum atomic E-state index is 12.4. The van der Waals surface area contributed by atoms with Crippen LogP contribution in [0.15, 0.2) is 18.2 Å². The van der Waals surface area contributed by atoms with Gasteiger partial charge in [-0.2, -0.15) is 11.8 Å². The first-order valence-electron chi connectivity index (χ1n) is 10.3. The van der Waals surface area contributed by atoms with Crippen LogP contribution in [0.25, 0.3) is 0 Å². The van der Waals surface area contributed by atoms with Crippen LogP contribution >= 0.6 is 11.8 Å². The van der Waals surface area contributed by atoms with Gasteiger partial charge in [0, 0.05) is 30.9 Å². The van der Waals surface area contributed by atoms with Crippen molar-refractivity contribution in [3.8, 4) is 0 Å². The summed E-state index contributed by atoms with van der Waals surface area (Å²) in [6, 6.07) is 5.27. The van der Waals surface area contributed by atoms with Crippen molar-refractivity contribution in [3.05, 3.63) is 23.8 Å². The largest absolute Gasteiger partial charge is 0.394 e. The third-order valence-electron chi connectivity index (χ3n) is 5.51. The molecule has 3 amide bonds. The number of benzene rings is 1. The van der Waals surface area contributed by atoms with Gasteiger partial charge in [-0.1, -0.05) is 6.07 Å². The normalized spacial score (nSPS) is 18.3. The summed E-state index contributed by atoms with van der Waals surface area (Å²) in [4.78, 5) is 38.5. The number of ether oxygens (including phenoxy) is 1. The zero-order valence-electron chi connectivity index (χ0n) is 17.2. The van der Waals surface area contributed by atoms with Crippen LogP contribution in [-0.2, 0) is 19.1 Å². The highest BCUT2D eigenvalue weighted by molar-refractivity contribution is 7.99. The van der Waals surface area contributed by atoms with E-state index in [2.05, 4.69) is 10.6 Å². The number of anilines is 2. The van der Waals surface area contributed by atoms with E-state index in [4.69, 9.17) is 9.84 Å². The minimum Gasteiger partial charge on any atom is -0.394 e. The summed E-state index contributed by atoms with van der Waals surface area (Å²) in [5, 5.41) is 14.4. The predicted octanol–water partition coefficient (Wildman–Crippen LogP) is 1.45. The number of carbonyl (C=O) groups is 3. The highest BCUT2D eigenvalue weighted by Crippen LogP contribution is 2.30. The van der Waals surface area contributed by atoms with E-state index in [1.165, 1.54) is 0 Å². The smallest absolute Gasteiger partial charge is 0.313 e. The van der Waals surface area contributed by atoms with Gasteiger partial charge in [-0.25, -0.2) is 0 Å². The van der Waals surface area contributed by atoms with Crippen LogP contribution in [0.1, 0.15) is 31.2 Å². The Hall–Kier alpha value is -2.10. The molecule has 0 bridgehead atoms. The standard InChI is InChI=1S/C21H29N3O5S/c1-15-4-5-16(13-17(15)24-8-2-3-18(24)26)23-20(28)19(27)22-14-21(29-10-9-25)6-11-30-12-7-21/h4-5,13,25H,2-3,6-12,14H2,1H3,(H,22,27)(H,23,28). The fourth-order valence-electron chi connectivity index (χ4n) is 3.77. The third kappa shape index (κ3) is 5.53. The van der Waals surface area contributed by atoms with Crippen molar-refractivity contribution < 1.29 is 24.2 Å². The Balaban J connectivity index is 1.60. The number of nitrogens with zero attached hydrogens (tertiary/aromatic N) is 1. The lowest BCUT2D eigenvalue weighted by Gasteiger charge is -2.36. The fraction of sp³-hybridized carbons (Fsp3) is 0.571. The highest BCUT2D eigenvalue weighted by Gasteiger charge is 2.34. The number of amides is 3. The molecule has 0 spiro atoms. The second-order valence-corrected chi connectivity index (χ2v) is 8.88. The van der Waals surface area contributed by atoms with Crippen molar-refractivity contribution in [3.63, 3.8) is 0 Å². The summed E-state index contributed by atoms with van der Waals surface area (Å²) < 4.78 is 5.82. The van der Waals surface area contributed by atoms with E-state index in [0.717, 1.165) is 42.0 Å². The fourth-order valence-corrected chi connectivity index (χ4v) is 5.00. The number of rotatable bonds is 7. The lowest BCUT2D eigenvalue weighted by Crippen LogP contribution is -2.50. The molecule has 0 saturated carbocycles. The molecule has 2 aliphatic heterocycles. The van der Waals surface area contributed by atoms with Crippen molar-refractivity contribution in [1.82, 2.24) is 5.32 Å². The molecule has 8 nitrogen and oxygen atoms in total. The van der Waals surface area contributed by atoms with Gasteiger partial charge in [0.1, 0.15) is 0 Å². The molecule has 30 heavy (non-hydrogen) atoms. The van der Waals surface area contributed by atoms with Gasteiger partial charge in [0.15, 0.2) is 0 Å². The van der Waals surface area contributed by atoms with Gasteiger partial charge in [0.05, 0.1) is 18.8 Å². The lowest BCUT2D eigenvalue weighted by molar-refractivity contribution is -0.137. The zero-order valence-corrected chi connectivity index (χ0v) is 18.1. The summed E-state index contributed by atoms with van der Waals surface area (Å²) in [6.45, 7) is 2.91. The number of carbonyl (C=O) groups excluding carboxylic acids is 3. The highest BCUT2D eigenvalue weighted by atomic mass is 32.2. The molecule has 1 aromatic rings. The van der Waals surface area contributed by atoms with Crippen molar-refractivity contribution >= 4 is 40.9 Å². The van der Waals surface area contributed by atoms with Crippen molar-refractivity contribution in [2.45, 2.75) is 38.2 Å². The molecule has 0 unspecified atom stereocenters. The predicted molar refractivity (Wildman–Crippen MR) is 117 cm³/mol. The van der Waals surface area contributed by atoms with Crippen LogP contribution in [0.5, 0.6) is 0 Å². The monoisotopic (exact) mass is 435 g/mol. The van der Waals surface area contributed by atoms with Gasteiger partial charge in [-0.15, -0.1) is 0 Å². The average Bonchev–Trinajstić information content (AvgIpc) is 3.18. The van der Waals surface area contributed by atoms with E-state index in [1.807, 2.05) is 24.8 Å². The number of aryl methyl sites for hydroxylation is 1. The van der Waals surface area contributed by atoms with Crippen LogP contribution in [0, 0.1) is 6.92 Å². The quantitative estimate of drug-likeness (QED) is 0.560. The van der Waals surface area contributed by atoms with Crippen molar-refractivity contribution in [2.75, 3.05) is 48.0 Å². The second kappa shape index (κ2) is 10.3. The van der Waals surface area contributed by atoms with Crippen LogP contribution in [0.3, 0.4) is 0 Å². The van der Waals surface area contributed by atoms with Crippen molar-refractivity contribution in [1.29, 1.82) is 0 Å². The molecule has 9 heteroatoms. The topological polar surface area (TPSA) is 108 Å². The van der Waals surface area contributed by atoms with Gasteiger partial charge in [0.25, 0.3) is 0 Å². The maximum Gasteiger partial charge on any atom is 0.313 e. The van der Waals surface area contributed by atoms with Gasteiger partial charge >= 0.3 is 11.8 Å². The molecule has 3 N–H and O–H groups in total. The Labute approximate surface area is 180 Å². The summed E-state index contributed by atoms with van der Waals surface area (Å²) in [6.07, 6.45) is 2.85. The van der Waals surface area contributed by atoms with E-state index < -0.39 is 17.4 Å². The number of aliphatic hydroxyl groups excluding tert-OH is 1. The Morgan fingerprint density at radius 1 is 1.27 bits per heavy atom. The molecule has 2 aliphatic rings. The molecule has 3 rings (SSSR count). The van der Waals surface area contributed by atoms with Gasteiger partial charge in [-0.05, 0) is 55.4 Å². The summed E-state index contributed by atoms with van der Waals surface area (Å²) >= 11 is 1.82. The molecular weight excluding hydrogens is 406 g/mol. The summed E-state index contributed by atoms with van der Waals surface area (Å²) in [7, 11) is 0. The average molecular weight is 436 g/mol. The van der Waals surface area contributed by atoms with Gasteiger partial charge in [-0.3, -0.25) is 14.4 Å². The minimum absolute atomic E-state index is 0.0677. The lowest BCUT2D eigenvalue weighted by atomic mass is 9.96. The Morgan fingerprint density at radius 3 is 2.70 bits per heavy atom. The number of hydrogen-bond acceptors (Lipinski definition) is 6. The van der Waals surface area contributed by atoms with Gasteiger partial charge < -0.3 is 25.4 Å². The number of hydrogen-bond donors (Lipinski definition) is 3. The van der Waals surface area contributed by atoms with E-state index in [1.54, 1.807) is 17.0 Å². The van der Waals surface area contributed by atoms with Crippen LogP contribution in [-0.4, -0.2) is 66.2 Å². The summed E-state index contributed by atoms with van der Waals surface area (Å²) in [5.41, 5.74) is 1.62. The van der Waals surface area contributed by atoms with Crippen LogP contribution < -0.4 is 15.5 Å². The molecule has 0 aromatic heterocycles. The molecule has 2 saturated heterocycles. The van der Waals surface area contributed by atoms with E-state index in [0.29, 0.717) is 18.7 Å². The first-order chi connectivity index (χ1) is 14.4. The number of aliphatic hydroxyl groups is 1. The molecular formula is C21H29N3O5S. The molecule has 0 radical (unpaired) electrons. The Kier molecular flexibility index (Phi) is 7.74. The first-order valence-corrected chi connectivity index (χ1v) is 11.4. The van der Waals surface area contributed by atoms with Crippen LogP contribution in [0.4, 0.5) is 11.4 Å². The first kappa shape index (κ1) is 22.6. The second-order valence-electron chi connectivity index (χ2n) is 7.65. The molecule has 2 fully saturated rings. The SMILES string of the molecule is Cc1ccc(NC(=O)C(=O)NCC2(OCCO)CCSCC2)cc1N1CCCC1=O. The number of thioether (sulfide) groups is 1. The van der Waals surface area contributed by atoms with Crippen LogP contribution in [0.2, 0.25) is 0 Å². The molecule has 164 valence electrons. The van der Waals surface area contributed by atoms with Gasteiger partial charge in [0.2, 0.25) is 5.91 Å². The van der Waals surface area contributed by atoms with E-state index >= 15 is 0 Å². The third-order valence-corrected chi connectivity index (χ3v) is 6.50. The van der Waals surface area contributed by atoms with E-state index in [-0.39, 0.29) is 25.7 Å². The molecule has 0 aliphatic carbocycles. The number of nitrogens with one attached hydrogen (secondary N) is 2. The van der Waals surface area contributed by atoms with E-state index in [9.17, 15) is 14.4 Å². The maximum absolute atomic E-state index is 12.4.